The van der Waals surface area contributed by atoms with E-state index >= 15 is 0 Å². The molecule has 2 heterocycles. The van der Waals surface area contributed by atoms with E-state index in [-0.39, 0.29) is 11.9 Å². The van der Waals surface area contributed by atoms with E-state index in [1.165, 1.54) is 0 Å². The number of ether oxygens (including phenoxy) is 1. The van der Waals surface area contributed by atoms with Gasteiger partial charge in [0, 0.05) is 30.7 Å². The number of rotatable bonds is 5. The molecule has 1 aromatic heterocycles. The summed E-state index contributed by atoms with van der Waals surface area (Å²) in [5.41, 5.74) is 1.09. The number of hydrogen-bond donors (Lipinski definition) is 1. The monoisotopic (exact) mass is 349 g/mol. The Bertz CT molecular complexity index is 682. The first-order chi connectivity index (χ1) is 11.6. The fourth-order valence-corrected chi connectivity index (χ4v) is 2.73. The van der Waals surface area contributed by atoms with Gasteiger partial charge in [-0.1, -0.05) is 16.8 Å². The van der Waals surface area contributed by atoms with Gasteiger partial charge in [0.15, 0.2) is 5.69 Å². The average molecular weight is 350 g/mol. The third kappa shape index (κ3) is 4.31. The zero-order valence-corrected chi connectivity index (χ0v) is 14.2. The Balaban J connectivity index is 1.58. The lowest BCUT2D eigenvalue weighted by atomic mass is 10.2. The minimum atomic E-state index is -0.226. The van der Waals surface area contributed by atoms with E-state index in [0.717, 1.165) is 38.5 Å². The minimum absolute atomic E-state index is 0.0243. The summed E-state index contributed by atoms with van der Waals surface area (Å²) in [6.07, 6.45) is 1.61. The van der Waals surface area contributed by atoms with Crippen LogP contribution in [0.15, 0.2) is 30.5 Å². The fourth-order valence-electron chi connectivity index (χ4n) is 2.60. The first-order valence-corrected chi connectivity index (χ1v) is 8.29. The van der Waals surface area contributed by atoms with Gasteiger partial charge in [0.05, 0.1) is 25.1 Å². The Kier molecular flexibility index (Phi) is 5.44. The SMILES string of the molecule is CC(CN1CCOCC1)NC(=O)c1cn(-c2ccc(Cl)cc2)nn1. The molecule has 128 valence electrons. The van der Waals surface area contributed by atoms with Crippen LogP contribution in [0.2, 0.25) is 5.02 Å². The van der Waals surface area contributed by atoms with E-state index in [9.17, 15) is 4.79 Å². The van der Waals surface area contributed by atoms with E-state index in [4.69, 9.17) is 16.3 Å². The number of morpholine rings is 1. The number of carbonyl (C=O) groups is 1. The van der Waals surface area contributed by atoms with Crippen molar-refractivity contribution in [1.82, 2.24) is 25.2 Å². The molecular formula is C16H20ClN5O2. The van der Waals surface area contributed by atoms with Crippen LogP contribution in [0.3, 0.4) is 0 Å². The Morgan fingerprint density at radius 3 is 2.75 bits per heavy atom. The molecule has 1 N–H and O–H groups in total. The second-order valence-corrected chi connectivity index (χ2v) is 6.25. The van der Waals surface area contributed by atoms with Crippen molar-refractivity contribution in [3.63, 3.8) is 0 Å². The van der Waals surface area contributed by atoms with Crippen molar-refractivity contribution in [3.8, 4) is 5.69 Å². The van der Waals surface area contributed by atoms with Gasteiger partial charge in [-0.2, -0.15) is 0 Å². The Morgan fingerprint density at radius 1 is 1.33 bits per heavy atom. The molecule has 1 unspecified atom stereocenters. The average Bonchev–Trinajstić information content (AvgIpc) is 3.06. The molecule has 24 heavy (non-hydrogen) atoms. The topological polar surface area (TPSA) is 72.3 Å². The van der Waals surface area contributed by atoms with Crippen molar-refractivity contribution in [3.05, 3.63) is 41.2 Å². The Morgan fingerprint density at radius 2 is 2.04 bits per heavy atom. The fraction of sp³-hybridized carbons (Fsp3) is 0.438. The maximum absolute atomic E-state index is 12.3. The molecule has 0 spiro atoms. The molecule has 1 amide bonds. The summed E-state index contributed by atoms with van der Waals surface area (Å²) in [5.74, 6) is -0.226. The summed E-state index contributed by atoms with van der Waals surface area (Å²) in [6.45, 7) is 6.06. The molecule has 1 aliphatic heterocycles. The summed E-state index contributed by atoms with van der Waals surface area (Å²) in [6, 6.07) is 7.20. The van der Waals surface area contributed by atoms with Crippen LogP contribution >= 0.6 is 11.6 Å². The highest BCUT2D eigenvalue weighted by molar-refractivity contribution is 6.30. The van der Waals surface area contributed by atoms with Gasteiger partial charge in [0.2, 0.25) is 0 Å². The number of aromatic nitrogens is 3. The van der Waals surface area contributed by atoms with E-state index in [1.807, 2.05) is 19.1 Å². The predicted octanol–water partition coefficient (Wildman–Crippen LogP) is 1.37. The number of benzene rings is 1. The molecule has 3 rings (SSSR count). The molecule has 0 aliphatic carbocycles. The van der Waals surface area contributed by atoms with Crippen molar-refractivity contribution in [2.75, 3.05) is 32.8 Å². The van der Waals surface area contributed by atoms with Crippen molar-refractivity contribution >= 4 is 17.5 Å². The summed E-state index contributed by atoms with van der Waals surface area (Å²) in [5, 5.41) is 11.6. The number of amides is 1. The first kappa shape index (κ1) is 16.9. The molecule has 1 atom stereocenters. The van der Waals surface area contributed by atoms with E-state index < -0.39 is 0 Å². The normalized spacial score (nSPS) is 16.8. The van der Waals surface area contributed by atoms with E-state index in [1.54, 1.807) is 23.0 Å². The van der Waals surface area contributed by atoms with Crippen LogP contribution in [0.4, 0.5) is 0 Å². The summed E-state index contributed by atoms with van der Waals surface area (Å²) in [4.78, 5) is 14.6. The van der Waals surface area contributed by atoms with Gasteiger partial charge in [0.25, 0.3) is 5.91 Å². The zero-order chi connectivity index (χ0) is 16.9. The van der Waals surface area contributed by atoms with Gasteiger partial charge in [-0.25, -0.2) is 4.68 Å². The van der Waals surface area contributed by atoms with Gasteiger partial charge in [-0.05, 0) is 31.2 Å². The molecule has 1 aromatic carbocycles. The molecule has 0 bridgehead atoms. The van der Waals surface area contributed by atoms with Crippen molar-refractivity contribution in [1.29, 1.82) is 0 Å². The Hall–Kier alpha value is -1.96. The van der Waals surface area contributed by atoms with Crippen LogP contribution in [-0.4, -0.2) is 64.7 Å². The number of halogens is 1. The Labute approximate surface area is 145 Å². The third-order valence-corrected chi connectivity index (χ3v) is 4.08. The maximum Gasteiger partial charge on any atom is 0.273 e. The highest BCUT2D eigenvalue weighted by Gasteiger charge is 2.17. The van der Waals surface area contributed by atoms with Crippen LogP contribution in [0.1, 0.15) is 17.4 Å². The van der Waals surface area contributed by atoms with Gasteiger partial charge < -0.3 is 10.1 Å². The molecule has 1 saturated heterocycles. The van der Waals surface area contributed by atoms with Crippen molar-refractivity contribution < 1.29 is 9.53 Å². The number of carbonyl (C=O) groups excluding carboxylic acids is 1. The molecule has 0 radical (unpaired) electrons. The van der Waals surface area contributed by atoms with Crippen LogP contribution in [0, 0.1) is 0 Å². The van der Waals surface area contributed by atoms with Crippen LogP contribution in [0.25, 0.3) is 5.69 Å². The smallest absolute Gasteiger partial charge is 0.273 e. The van der Waals surface area contributed by atoms with Crippen LogP contribution in [-0.2, 0) is 4.74 Å². The van der Waals surface area contributed by atoms with E-state index in [2.05, 4.69) is 20.5 Å². The lowest BCUT2D eigenvalue weighted by Crippen LogP contribution is -2.46. The molecule has 0 saturated carbocycles. The zero-order valence-electron chi connectivity index (χ0n) is 13.5. The maximum atomic E-state index is 12.3. The first-order valence-electron chi connectivity index (χ1n) is 7.91. The van der Waals surface area contributed by atoms with Gasteiger partial charge >= 0.3 is 0 Å². The van der Waals surface area contributed by atoms with Crippen molar-refractivity contribution in [2.45, 2.75) is 13.0 Å². The quantitative estimate of drug-likeness (QED) is 0.882. The highest BCUT2D eigenvalue weighted by atomic mass is 35.5. The summed E-state index contributed by atoms with van der Waals surface area (Å²) in [7, 11) is 0. The molecule has 8 heteroatoms. The van der Waals surface area contributed by atoms with Gasteiger partial charge in [0.1, 0.15) is 0 Å². The van der Waals surface area contributed by atoms with Crippen molar-refractivity contribution in [2.24, 2.45) is 0 Å². The number of hydrogen-bond acceptors (Lipinski definition) is 5. The third-order valence-electron chi connectivity index (χ3n) is 3.83. The molecule has 7 nitrogen and oxygen atoms in total. The predicted molar refractivity (Wildman–Crippen MR) is 90.6 cm³/mol. The second-order valence-electron chi connectivity index (χ2n) is 5.81. The number of nitrogens with zero attached hydrogens (tertiary/aromatic N) is 4. The van der Waals surface area contributed by atoms with Crippen LogP contribution < -0.4 is 5.32 Å². The summed E-state index contributed by atoms with van der Waals surface area (Å²) >= 11 is 5.87. The highest BCUT2D eigenvalue weighted by Crippen LogP contribution is 2.12. The van der Waals surface area contributed by atoms with Gasteiger partial charge in [-0.3, -0.25) is 9.69 Å². The standard InChI is InChI=1S/C16H20ClN5O2/c1-12(10-21-6-8-24-9-7-21)18-16(23)15-11-22(20-19-15)14-4-2-13(17)3-5-14/h2-5,11-12H,6-10H2,1H3,(H,18,23). The van der Waals surface area contributed by atoms with Crippen LogP contribution in [0.5, 0.6) is 0 Å². The lowest BCUT2D eigenvalue weighted by Gasteiger charge is -2.29. The summed E-state index contributed by atoms with van der Waals surface area (Å²) < 4.78 is 6.88. The second kappa shape index (κ2) is 7.74. The molecule has 1 fully saturated rings. The molecular weight excluding hydrogens is 330 g/mol. The van der Waals surface area contributed by atoms with Gasteiger partial charge in [-0.15, -0.1) is 5.10 Å². The molecule has 1 aliphatic rings. The minimum Gasteiger partial charge on any atom is -0.379 e. The lowest BCUT2D eigenvalue weighted by molar-refractivity contribution is 0.0342. The molecule has 2 aromatic rings. The largest absolute Gasteiger partial charge is 0.379 e. The van der Waals surface area contributed by atoms with E-state index in [0.29, 0.717) is 10.7 Å². The number of nitrogens with one attached hydrogen (secondary N) is 1.